The number of nitrogens with zero attached hydrogens (tertiary/aromatic N) is 2. The summed E-state index contributed by atoms with van der Waals surface area (Å²) in [5.41, 5.74) is 6.61. The van der Waals surface area contributed by atoms with Crippen LogP contribution in [0.3, 0.4) is 0 Å². The Kier molecular flexibility index (Phi) is 15.3. The van der Waals surface area contributed by atoms with Gasteiger partial charge in [-0.2, -0.15) is 0 Å². The van der Waals surface area contributed by atoms with Crippen molar-refractivity contribution in [2.75, 3.05) is 23.0 Å². The van der Waals surface area contributed by atoms with E-state index in [4.69, 9.17) is 18.9 Å². The summed E-state index contributed by atoms with van der Waals surface area (Å²) in [5, 5.41) is 14.1. The Bertz CT molecular complexity index is 3690. The van der Waals surface area contributed by atoms with Crippen molar-refractivity contribution in [2.45, 2.75) is 78.3 Å². The van der Waals surface area contributed by atoms with Gasteiger partial charge in [0.2, 0.25) is 11.8 Å². The summed E-state index contributed by atoms with van der Waals surface area (Å²) >= 11 is 5.78. The average molecular weight is 1170 g/mol. The second-order valence-electron chi connectivity index (χ2n) is 20.3. The molecule has 6 aromatic rings. The third-order valence-electron chi connectivity index (χ3n) is 14.9. The van der Waals surface area contributed by atoms with Gasteiger partial charge in [0.1, 0.15) is 58.9 Å². The lowest BCUT2D eigenvalue weighted by Gasteiger charge is -2.49. The molecule has 4 amide bonds. The Morgan fingerprint density at radius 3 is 1.70 bits per heavy atom. The van der Waals surface area contributed by atoms with Crippen LogP contribution in [0.4, 0.5) is 0 Å². The largest absolute Gasteiger partial charge is 0.456 e. The standard InChI is InChI=1S/C62H52N4O12S4/c1-34-12-14-38(15-13-34)28-75-61(74)54-41(33-82-58-52(56(71)66(54)58)64-50(69)24-36-8-4-3-5-9-36)31-80-43-21-23-47-49(26-43)77-48-25-42(20-22-46(48)62(47)45-11-7-6-10-44(45)59(72)78-62)79-30-40-32-81-57-51(63-35(2)68)55(70)65(57)53(40)60(73)76-29-39-18-16-37(27-67)17-19-39/h3-23,25-26,51-52,57-58,67H,24,27-33H2,1-2H3,(H,63,68)(H,64,69)/t51-,52-,57-,58-,62?/m0/s1. The van der Waals surface area contributed by atoms with Crippen molar-refractivity contribution in [3.63, 3.8) is 0 Å². The molecule has 6 aliphatic heterocycles. The molecule has 0 saturated carbocycles. The van der Waals surface area contributed by atoms with Crippen LogP contribution in [0.25, 0.3) is 0 Å². The van der Waals surface area contributed by atoms with Gasteiger partial charge < -0.3 is 34.7 Å². The Morgan fingerprint density at radius 1 is 0.634 bits per heavy atom. The van der Waals surface area contributed by atoms with Crippen molar-refractivity contribution < 1.29 is 57.6 Å². The Morgan fingerprint density at radius 2 is 1.15 bits per heavy atom. The maximum atomic E-state index is 14.2. The number of carbonyl (C=O) groups excluding carboxylic acids is 7. The van der Waals surface area contributed by atoms with Crippen LogP contribution < -0.4 is 15.4 Å². The van der Waals surface area contributed by atoms with E-state index in [-0.39, 0.29) is 55.2 Å². The van der Waals surface area contributed by atoms with Gasteiger partial charge in [0.05, 0.1) is 18.6 Å². The number of benzene rings is 6. The highest BCUT2D eigenvalue weighted by Gasteiger charge is 2.57. The van der Waals surface area contributed by atoms with Gasteiger partial charge in [0, 0.05) is 56.4 Å². The molecule has 6 aromatic carbocycles. The first kappa shape index (κ1) is 54.8. The van der Waals surface area contributed by atoms with E-state index in [0.29, 0.717) is 73.3 Å². The number of hydrogen-bond acceptors (Lipinski definition) is 16. The predicted octanol–water partition coefficient (Wildman–Crippen LogP) is 8.30. The van der Waals surface area contributed by atoms with Gasteiger partial charge in [-0.25, -0.2) is 14.4 Å². The average Bonchev–Trinajstić information content (AvgIpc) is 1.85. The smallest absolute Gasteiger partial charge is 0.355 e. The fraction of sp³-hybridized carbons (Fsp3) is 0.242. The van der Waals surface area contributed by atoms with E-state index in [1.807, 2.05) is 110 Å². The second-order valence-corrected chi connectivity index (χ2v) is 24.6. The molecule has 0 aromatic heterocycles. The number of thioether (sulfide) groups is 4. The third-order valence-corrected chi connectivity index (χ3v) is 19.8. The molecule has 0 radical (unpaired) electrons. The number of ether oxygens (including phenoxy) is 4. The van der Waals surface area contributed by atoms with Crippen molar-refractivity contribution in [3.05, 3.63) is 212 Å². The molecule has 0 aliphatic carbocycles. The van der Waals surface area contributed by atoms with Crippen molar-refractivity contribution in [3.8, 4) is 11.5 Å². The maximum Gasteiger partial charge on any atom is 0.355 e. The quantitative estimate of drug-likeness (QED) is 0.0340. The number of aliphatic hydroxyl groups excluding tert-OH is 1. The molecule has 1 spiro atoms. The number of fused-ring (bicyclic) bond motifs is 8. The van der Waals surface area contributed by atoms with Crippen molar-refractivity contribution in [2.24, 2.45) is 0 Å². The van der Waals surface area contributed by atoms with Crippen LogP contribution in [0.15, 0.2) is 172 Å². The number of carbonyl (C=O) groups is 7. The summed E-state index contributed by atoms with van der Waals surface area (Å²) in [5.74, 6) is -1.07. The minimum absolute atomic E-state index is 0.00293. The monoisotopic (exact) mass is 1170 g/mol. The molecule has 5 atom stereocenters. The fourth-order valence-corrected chi connectivity index (χ4v) is 15.6. The summed E-state index contributed by atoms with van der Waals surface area (Å²) in [6, 6.07) is 40.9. The zero-order valence-corrected chi connectivity index (χ0v) is 47.5. The van der Waals surface area contributed by atoms with Crippen LogP contribution >= 0.6 is 47.0 Å². The van der Waals surface area contributed by atoms with Crippen LogP contribution in [-0.4, -0.2) is 102 Å². The summed E-state index contributed by atoms with van der Waals surface area (Å²) in [7, 11) is 0. The highest BCUT2D eigenvalue weighted by atomic mass is 32.2. The van der Waals surface area contributed by atoms with Crippen LogP contribution in [0.2, 0.25) is 0 Å². The van der Waals surface area contributed by atoms with Crippen LogP contribution in [0.1, 0.15) is 61.8 Å². The lowest BCUT2D eigenvalue weighted by molar-refractivity contribution is -0.153. The molecular formula is C62H52N4O12S4. The number of esters is 3. The SMILES string of the molecule is CC(=O)N[C@H]1C(=O)N2C(C(=O)OCc3ccc(CO)cc3)=C(CSc3ccc4c(c3)Oc3cc(SCC5=C(C(=O)OCc6ccc(C)cc6)N6C(=O)[C@H](NC(=O)Cc7ccccc7)[C@@H]6SC5)ccc3C43OC(=O)c4ccccc43)CS[C@@H]12. The zero-order chi connectivity index (χ0) is 56.8. The molecule has 6 aliphatic rings. The first-order chi connectivity index (χ1) is 39.8. The van der Waals surface area contributed by atoms with Crippen LogP contribution in [0.5, 0.6) is 11.5 Å². The Hall–Kier alpha value is -7.75. The van der Waals surface area contributed by atoms with Gasteiger partial charge in [-0.3, -0.25) is 29.0 Å². The first-order valence-corrected chi connectivity index (χ1v) is 30.4. The molecule has 1 unspecified atom stereocenters. The minimum atomic E-state index is -1.38. The molecule has 20 heteroatoms. The van der Waals surface area contributed by atoms with Crippen LogP contribution in [0, 0.1) is 6.92 Å². The molecule has 2 fully saturated rings. The lowest BCUT2D eigenvalue weighted by Crippen LogP contribution is -2.70. The Labute approximate surface area is 488 Å². The molecule has 12 rings (SSSR count). The van der Waals surface area contributed by atoms with Crippen molar-refractivity contribution in [1.82, 2.24) is 20.4 Å². The van der Waals surface area contributed by atoms with Gasteiger partial charge >= 0.3 is 17.9 Å². The van der Waals surface area contributed by atoms with E-state index >= 15 is 0 Å². The highest BCUT2D eigenvalue weighted by molar-refractivity contribution is 8.01. The number of nitrogens with one attached hydrogen (secondary N) is 2. The number of rotatable bonds is 17. The molecule has 2 saturated heterocycles. The highest BCUT2D eigenvalue weighted by Crippen LogP contribution is 2.57. The number of β-lactam (4-membered cyclic amide) rings is 2. The predicted molar refractivity (Wildman–Crippen MR) is 309 cm³/mol. The first-order valence-electron chi connectivity index (χ1n) is 26.4. The van der Waals surface area contributed by atoms with E-state index in [0.717, 1.165) is 26.5 Å². The molecule has 0 bridgehead atoms. The van der Waals surface area contributed by atoms with Gasteiger partial charge in [-0.1, -0.05) is 103 Å². The number of amides is 4. The second kappa shape index (κ2) is 22.9. The van der Waals surface area contributed by atoms with Crippen molar-refractivity contribution in [1.29, 1.82) is 0 Å². The molecule has 6 heterocycles. The molecule has 3 N–H and O–H groups in total. The summed E-state index contributed by atoms with van der Waals surface area (Å²) in [6.07, 6.45) is 0.106. The lowest BCUT2D eigenvalue weighted by atomic mass is 9.78. The normalized spacial score (nSPS) is 20.9. The Balaban J connectivity index is 0.818. The van der Waals surface area contributed by atoms with Crippen LogP contribution in [-0.2, 0) is 74.8 Å². The van der Waals surface area contributed by atoms with E-state index < -0.39 is 58.2 Å². The van der Waals surface area contributed by atoms with E-state index in [1.165, 1.54) is 63.8 Å². The number of hydrogen-bond donors (Lipinski definition) is 3. The van der Waals surface area contributed by atoms with E-state index in [1.54, 1.807) is 36.4 Å². The van der Waals surface area contributed by atoms with E-state index in [2.05, 4.69) is 10.6 Å². The van der Waals surface area contributed by atoms with Gasteiger partial charge in [-0.05, 0) is 82.8 Å². The summed E-state index contributed by atoms with van der Waals surface area (Å²) < 4.78 is 25.0. The van der Waals surface area contributed by atoms with Gasteiger partial charge in [0.15, 0.2) is 5.60 Å². The zero-order valence-electron chi connectivity index (χ0n) is 44.2. The van der Waals surface area contributed by atoms with Gasteiger partial charge in [-0.15, -0.1) is 47.0 Å². The molecule has 16 nitrogen and oxygen atoms in total. The topological polar surface area (TPSA) is 207 Å². The minimum Gasteiger partial charge on any atom is -0.456 e. The number of aryl methyl sites for hydroxylation is 1. The summed E-state index contributed by atoms with van der Waals surface area (Å²) in [6.45, 7) is 3.12. The third kappa shape index (κ3) is 10.3. The molecular weight excluding hydrogens is 1120 g/mol. The van der Waals surface area contributed by atoms with E-state index in [9.17, 15) is 38.7 Å². The molecule has 416 valence electrons. The maximum absolute atomic E-state index is 14.2. The molecule has 82 heavy (non-hydrogen) atoms. The summed E-state index contributed by atoms with van der Waals surface area (Å²) in [4.78, 5) is 99.3. The number of aliphatic hydroxyl groups is 1. The van der Waals surface area contributed by atoms with Crippen molar-refractivity contribution >= 4 is 88.6 Å². The van der Waals surface area contributed by atoms with Gasteiger partial charge in [0.25, 0.3) is 11.8 Å². The fourth-order valence-electron chi connectivity index (χ4n) is 10.8.